The largest absolute Gasteiger partial charge is 0.371 e. The molecule has 1 aromatic carbocycles. The highest BCUT2D eigenvalue weighted by molar-refractivity contribution is 5.55. The molecule has 1 aromatic rings. The summed E-state index contributed by atoms with van der Waals surface area (Å²) in [6.45, 7) is 9.10. The molecule has 1 saturated heterocycles. The van der Waals surface area contributed by atoms with Crippen LogP contribution in [-0.2, 0) is 0 Å². The van der Waals surface area contributed by atoms with Crippen molar-refractivity contribution < 1.29 is 0 Å². The monoisotopic (exact) mass is 260 g/mol. The lowest BCUT2D eigenvalue weighted by atomic mass is 9.74. The zero-order valence-electron chi connectivity index (χ0n) is 12.7. The maximum Gasteiger partial charge on any atom is 0.0414 e. The first-order valence-corrected chi connectivity index (χ1v) is 7.71. The smallest absolute Gasteiger partial charge is 0.0414 e. The van der Waals surface area contributed by atoms with Gasteiger partial charge in [0.25, 0.3) is 0 Å². The van der Waals surface area contributed by atoms with E-state index in [-0.39, 0.29) is 6.04 Å². The number of hydrogen-bond acceptors (Lipinski definition) is 2. The summed E-state index contributed by atoms with van der Waals surface area (Å²) >= 11 is 0. The molecule has 2 nitrogen and oxygen atoms in total. The molecule has 0 amide bonds. The summed E-state index contributed by atoms with van der Waals surface area (Å²) in [4.78, 5) is 2.53. The number of para-hydroxylation sites is 1. The fraction of sp³-hybridized carbons (Fsp3) is 0.647. The summed E-state index contributed by atoms with van der Waals surface area (Å²) < 4.78 is 0. The topological polar surface area (TPSA) is 29.3 Å². The molecule has 19 heavy (non-hydrogen) atoms. The molecule has 1 aliphatic rings. The molecule has 2 N–H and O–H groups in total. The summed E-state index contributed by atoms with van der Waals surface area (Å²) in [5.74, 6) is 0. The molecule has 1 heterocycles. The van der Waals surface area contributed by atoms with Gasteiger partial charge in [-0.3, -0.25) is 0 Å². The Balaban J connectivity index is 2.14. The van der Waals surface area contributed by atoms with Crippen molar-refractivity contribution in [1.82, 2.24) is 0 Å². The molecule has 0 radical (unpaired) electrons. The first-order valence-electron chi connectivity index (χ1n) is 7.71. The van der Waals surface area contributed by atoms with E-state index in [2.05, 4.69) is 49.9 Å². The van der Waals surface area contributed by atoms with E-state index in [1.807, 2.05) is 0 Å². The van der Waals surface area contributed by atoms with Gasteiger partial charge in [-0.1, -0.05) is 44.9 Å². The van der Waals surface area contributed by atoms with E-state index in [9.17, 15) is 0 Å². The number of piperidine rings is 1. The van der Waals surface area contributed by atoms with Crippen molar-refractivity contribution in [3.05, 3.63) is 29.8 Å². The zero-order chi connectivity index (χ0) is 13.9. The number of hydrogen-bond donors (Lipinski definition) is 1. The zero-order valence-corrected chi connectivity index (χ0v) is 12.7. The van der Waals surface area contributed by atoms with Gasteiger partial charge in [-0.2, -0.15) is 0 Å². The molecule has 0 saturated carbocycles. The molecule has 2 heteroatoms. The molecule has 1 fully saturated rings. The summed E-state index contributed by atoms with van der Waals surface area (Å²) in [5.41, 5.74) is 9.31. The first-order chi connectivity index (χ1) is 9.12. The minimum Gasteiger partial charge on any atom is -0.371 e. The molecular weight excluding hydrogens is 232 g/mol. The van der Waals surface area contributed by atoms with E-state index in [1.165, 1.54) is 50.0 Å². The van der Waals surface area contributed by atoms with Crippen molar-refractivity contribution in [2.45, 2.75) is 52.5 Å². The van der Waals surface area contributed by atoms with Gasteiger partial charge < -0.3 is 10.6 Å². The van der Waals surface area contributed by atoms with Crippen molar-refractivity contribution in [3.8, 4) is 0 Å². The number of benzene rings is 1. The average molecular weight is 260 g/mol. The van der Waals surface area contributed by atoms with Crippen LogP contribution in [0.1, 0.15) is 58.1 Å². The maximum atomic E-state index is 6.10. The number of nitrogens with two attached hydrogens (primary N) is 1. The van der Waals surface area contributed by atoms with Crippen LogP contribution in [0.4, 0.5) is 5.69 Å². The predicted molar refractivity (Wildman–Crippen MR) is 83.5 cm³/mol. The Morgan fingerprint density at radius 3 is 2.26 bits per heavy atom. The Kier molecular flexibility index (Phi) is 4.51. The van der Waals surface area contributed by atoms with Crippen molar-refractivity contribution in [2.75, 3.05) is 18.0 Å². The van der Waals surface area contributed by atoms with Crippen molar-refractivity contribution in [3.63, 3.8) is 0 Å². The van der Waals surface area contributed by atoms with Crippen LogP contribution >= 0.6 is 0 Å². The van der Waals surface area contributed by atoms with Gasteiger partial charge in [-0.15, -0.1) is 0 Å². The van der Waals surface area contributed by atoms with Crippen LogP contribution < -0.4 is 10.6 Å². The van der Waals surface area contributed by atoms with Gasteiger partial charge in [-0.05, 0) is 36.8 Å². The molecule has 0 spiro atoms. The normalized spacial score (nSPS) is 20.3. The fourth-order valence-corrected chi connectivity index (χ4v) is 3.34. The SMILES string of the molecule is CCC1(CC)CCN(c2ccccc2[C@@H](C)N)CC1. The van der Waals surface area contributed by atoms with E-state index < -0.39 is 0 Å². The molecule has 2 rings (SSSR count). The van der Waals surface area contributed by atoms with Crippen LogP contribution in [-0.4, -0.2) is 13.1 Å². The van der Waals surface area contributed by atoms with Crippen molar-refractivity contribution in [1.29, 1.82) is 0 Å². The van der Waals surface area contributed by atoms with E-state index in [0.29, 0.717) is 5.41 Å². The third kappa shape index (κ3) is 2.94. The second-order valence-electron chi connectivity index (χ2n) is 6.04. The summed E-state index contributed by atoms with van der Waals surface area (Å²) in [6.07, 6.45) is 5.25. The molecule has 0 aliphatic carbocycles. The van der Waals surface area contributed by atoms with E-state index in [0.717, 1.165) is 0 Å². The predicted octanol–water partition coefficient (Wildman–Crippen LogP) is 4.11. The van der Waals surface area contributed by atoms with Crippen LogP contribution in [0.5, 0.6) is 0 Å². The van der Waals surface area contributed by atoms with Gasteiger partial charge in [0.05, 0.1) is 0 Å². The second kappa shape index (κ2) is 5.96. The summed E-state index contributed by atoms with van der Waals surface area (Å²) in [5, 5.41) is 0. The summed E-state index contributed by atoms with van der Waals surface area (Å²) in [6, 6.07) is 8.72. The molecule has 0 aromatic heterocycles. The number of anilines is 1. The molecule has 0 bridgehead atoms. The van der Waals surface area contributed by atoms with Gasteiger partial charge in [-0.25, -0.2) is 0 Å². The van der Waals surface area contributed by atoms with Gasteiger partial charge >= 0.3 is 0 Å². The highest BCUT2D eigenvalue weighted by Gasteiger charge is 2.31. The van der Waals surface area contributed by atoms with Gasteiger partial charge in [0, 0.05) is 24.8 Å². The standard InChI is InChI=1S/C17H28N2/c1-4-17(5-2)10-12-19(13-11-17)16-9-7-6-8-15(16)14(3)18/h6-9,14H,4-5,10-13,18H2,1-3H3/t14-/m1/s1. The average Bonchev–Trinajstić information content (AvgIpc) is 2.47. The number of rotatable bonds is 4. The Morgan fingerprint density at radius 1 is 1.16 bits per heavy atom. The molecule has 0 unspecified atom stereocenters. The quantitative estimate of drug-likeness (QED) is 0.882. The lowest BCUT2D eigenvalue weighted by Crippen LogP contribution is -2.40. The summed E-state index contributed by atoms with van der Waals surface area (Å²) in [7, 11) is 0. The lowest BCUT2D eigenvalue weighted by Gasteiger charge is -2.42. The van der Waals surface area contributed by atoms with Gasteiger partial charge in [0.1, 0.15) is 0 Å². The minimum absolute atomic E-state index is 0.111. The van der Waals surface area contributed by atoms with Crippen LogP contribution in [0, 0.1) is 5.41 Å². The molecule has 106 valence electrons. The number of nitrogens with zero attached hydrogens (tertiary/aromatic N) is 1. The molecule has 1 atom stereocenters. The molecule has 1 aliphatic heterocycles. The van der Waals surface area contributed by atoms with Gasteiger partial charge in [0.2, 0.25) is 0 Å². The van der Waals surface area contributed by atoms with Crippen LogP contribution in [0.3, 0.4) is 0 Å². The van der Waals surface area contributed by atoms with Gasteiger partial charge in [0.15, 0.2) is 0 Å². The van der Waals surface area contributed by atoms with E-state index >= 15 is 0 Å². The minimum atomic E-state index is 0.111. The van der Waals surface area contributed by atoms with Crippen molar-refractivity contribution in [2.24, 2.45) is 11.1 Å². The Morgan fingerprint density at radius 2 is 1.74 bits per heavy atom. The third-order valence-corrected chi connectivity index (χ3v) is 5.09. The van der Waals surface area contributed by atoms with E-state index in [4.69, 9.17) is 5.73 Å². The Labute approximate surface area is 118 Å². The first kappa shape index (κ1) is 14.4. The van der Waals surface area contributed by atoms with Crippen LogP contribution in [0.15, 0.2) is 24.3 Å². The van der Waals surface area contributed by atoms with Crippen molar-refractivity contribution >= 4 is 5.69 Å². The molecular formula is C17H28N2. The second-order valence-corrected chi connectivity index (χ2v) is 6.04. The van der Waals surface area contributed by atoms with Crippen LogP contribution in [0.25, 0.3) is 0 Å². The Bertz CT molecular complexity index is 397. The Hall–Kier alpha value is -1.02. The highest BCUT2D eigenvalue weighted by Crippen LogP contribution is 2.40. The third-order valence-electron chi connectivity index (χ3n) is 5.09. The van der Waals surface area contributed by atoms with E-state index in [1.54, 1.807) is 0 Å². The van der Waals surface area contributed by atoms with Crippen LogP contribution in [0.2, 0.25) is 0 Å². The lowest BCUT2D eigenvalue weighted by molar-refractivity contribution is 0.199. The highest BCUT2D eigenvalue weighted by atomic mass is 15.1. The fourth-order valence-electron chi connectivity index (χ4n) is 3.34. The maximum absolute atomic E-state index is 6.10.